The Morgan fingerprint density at radius 3 is 3.15 bits per heavy atom. The number of rotatable bonds is 3. The molecule has 0 bridgehead atoms. The molecular weight excluding hydrogens is 276 g/mol. The van der Waals surface area contributed by atoms with Crippen molar-refractivity contribution in [1.29, 1.82) is 0 Å². The van der Waals surface area contributed by atoms with Gasteiger partial charge in [0, 0.05) is 30.9 Å². The molecule has 1 N–H and O–H groups in total. The van der Waals surface area contributed by atoms with E-state index in [2.05, 4.69) is 10.2 Å². The first-order valence-electron chi connectivity index (χ1n) is 6.86. The Hall–Kier alpha value is -1.50. The maximum absolute atomic E-state index is 12.3. The lowest BCUT2D eigenvalue weighted by Crippen LogP contribution is -2.45. The largest absolute Gasteiger partial charge is 0.340 e. The Kier molecular flexibility index (Phi) is 3.95. The highest BCUT2D eigenvalue weighted by molar-refractivity contribution is 8.00. The first kappa shape index (κ1) is 13.5. The number of hydrogen-bond donors (Lipinski definition) is 1. The van der Waals surface area contributed by atoms with Gasteiger partial charge in [-0.25, -0.2) is 0 Å². The van der Waals surface area contributed by atoms with Gasteiger partial charge in [-0.05, 0) is 18.9 Å². The van der Waals surface area contributed by atoms with Crippen LogP contribution >= 0.6 is 11.8 Å². The predicted molar refractivity (Wildman–Crippen MR) is 76.2 cm³/mol. The molecule has 1 unspecified atom stereocenters. The van der Waals surface area contributed by atoms with Crippen LogP contribution in [0.25, 0.3) is 0 Å². The summed E-state index contributed by atoms with van der Waals surface area (Å²) in [7, 11) is 0. The highest BCUT2D eigenvalue weighted by Crippen LogP contribution is 2.25. The van der Waals surface area contributed by atoms with E-state index in [9.17, 15) is 9.59 Å². The summed E-state index contributed by atoms with van der Waals surface area (Å²) in [5.41, 5.74) is 1.09. The number of nitrogens with zero attached hydrogens (tertiary/aromatic N) is 3. The van der Waals surface area contributed by atoms with Gasteiger partial charge in [0.05, 0.1) is 11.6 Å². The van der Waals surface area contributed by atoms with Crippen molar-refractivity contribution in [3.63, 3.8) is 0 Å². The summed E-state index contributed by atoms with van der Waals surface area (Å²) in [5.74, 6) is 1.61. The molecule has 2 amide bonds. The number of thioether (sulfide) groups is 1. The molecule has 0 aromatic carbocycles. The fraction of sp³-hybridized carbons (Fsp3) is 0.615. The molecule has 3 rings (SSSR count). The van der Waals surface area contributed by atoms with Gasteiger partial charge >= 0.3 is 0 Å². The molecule has 1 aromatic heterocycles. The molecule has 2 saturated heterocycles. The zero-order valence-electron chi connectivity index (χ0n) is 11.2. The van der Waals surface area contributed by atoms with Crippen molar-refractivity contribution in [1.82, 2.24) is 20.0 Å². The van der Waals surface area contributed by atoms with Gasteiger partial charge < -0.3 is 9.80 Å². The first-order valence-corrected chi connectivity index (χ1v) is 8.02. The number of nitrogens with one attached hydrogen (secondary N) is 1. The SMILES string of the molecule is O=C1CSCN1CC(=O)N1CCCC(c2ccn[nH]2)C1. The van der Waals surface area contributed by atoms with Crippen molar-refractivity contribution in [3.8, 4) is 0 Å². The van der Waals surface area contributed by atoms with Crippen LogP contribution < -0.4 is 0 Å². The van der Waals surface area contributed by atoms with Gasteiger partial charge in [0.1, 0.15) is 6.54 Å². The average molecular weight is 294 g/mol. The normalized spacial score (nSPS) is 23.4. The second-order valence-electron chi connectivity index (χ2n) is 5.26. The van der Waals surface area contributed by atoms with Crippen LogP contribution in [0.5, 0.6) is 0 Å². The van der Waals surface area contributed by atoms with E-state index in [1.54, 1.807) is 22.9 Å². The van der Waals surface area contributed by atoms with Crippen molar-refractivity contribution >= 4 is 23.6 Å². The van der Waals surface area contributed by atoms with Crippen molar-refractivity contribution in [2.75, 3.05) is 31.3 Å². The minimum Gasteiger partial charge on any atom is -0.340 e. The van der Waals surface area contributed by atoms with Crippen LogP contribution in [-0.2, 0) is 9.59 Å². The Labute approximate surface area is 121 Å². The maximum atomic E-state index is 12.3. The number of carbonyl (C=O) groups is 2. The third-order valence-electron chi connectivity index (χ3n) is 3.89. The number of aromatic nitrogens is 2. The van der Waals surface area contributed by atoms with E-state index in [-0.39, 0.29) is 18.4 Å². The summed E-state index contributed by atoms with van der Waals surface area (Å²) in [5, 5.41) is 6.97. The van der Waals surface area contributed by atoms with Crippen LogP contribution in [0.2, 0.25) is 0 Å². The van der Waals surface area contributed by atoms with Crippen LogP contribution in [0.15, 0.2) is 12.3 Å². The van der Waals surface area contributed by atoms with E-state index in [0.717, 1.165) is 31.6 Å². The van der Waals surface area contributed by atoms with E-state index >= 15 is 0 Å². The zero-order valence-corrected chi connectivity index (χ0v) is 12.1. The van der Waals surface area contributed by atoms with Gasteiger partial charge in [0.2, 0.25) is 11.8 Å². The fourth-order valence-corrected chi connectivity index (χ4v) is 3.66. The Morgan fingerprint density at radius 2 is 2.45 bits per heavy atom. The number of carbonyl (C=O) groups excluding carboxylic acids is 2. The summed E-state index contributed by atoms with van der Waals surface area (Å²) >= 11 is 1.57. The fourth-order valence-electron chi connectivity index (χ4n) is 2.76. The van der Waals surface area contributed by atoms with Gasteiger partial charge in [-0.3, -0.25) is 14.7 Å². The summed E-state index contributed by atoms with van der Waals surface area (Å²) in [6.45, 7) is 1.73. The molecule has 0 radical (unpaired) electrons. The standard InChI is InChI=1S/C13H18N4O2S/c18-12(7-17-9-20-8-13(17)19)16-5-1-2-10(6-16)11-3-4-14-15-11/h3-4,10H,1-2,5-9H2,(H,14,15). The quantitative estimate of drug-likeness (QED) is 0.888. The number of amides is 2. The minimum atomic E-state index is 0.0602. The van der Waals surface area contributed by atoms with Crippen molar-refractivity contribution in [3.05, 3.63) is 18.0 Å². The highest BCUT2D eigenvalue weighted by Gasteiger charge is 2.29. The molecule has 2 aliphatic heterocycles. The number of aromatic amines is 1. The molecule has 6 nitrogen and oxygen atoms in total. The molecule has 2 aliphatic rings. The number of piperidine rings is 1. The number of hydrogen-bond acceptors (Lipinski definition) is 4. The monoisotopic (exact) mass is 294 g/mol. The third-order valence-corrected chi connectivity index (χ3v) is 4.83. The minimum absolute atomic E-state index is 0.0602. The summed E-state index contributed by atoms with van der Waals surface area (Å²) in [6.07, 6.45) is 3.82. The van der Waals surface area contributed by atoms with Crippen LogP contribution in [0.4, 0.5) is 0 Å². The van der Waals surface area contributed by atoms with Crippen molar-refractivity contribution < 1.29 is 9.59 Å². The van der Waals surface area contributed by atoms with Gasteiger partial charge in [0.15, 0.2) is 0 Å². The van der Waals surface area contributed by atoms with Gasteiger partial charge in [-0.2, -0.15) is 5.10 Å². The molecule has 3 heterocycles. The van der Waals surface area contributed by atoms with Crippen LogP contribution in [-0.4, -0.2) is 63.1 Å². The van der Waals surface area contributed by atoms with Gasteiger partial charge in [-0.15, -0.1) is 11.8 Å². The lowest BCUT2D eigenvalue weighted by atomic mass is 9.95. The highest BCUT2D eigenvalue weighted by atomic mass is 32.2. The zero-order chi connectivity index (χ0) is 13.9. The smallest absolute Gasteiger partial charge is 0.242 e. The summed E-state index contributed by atoms with van der Waals surface area (Å²) in [4.78, 5) is 27.4. The first-order chi connectivity index (χ1) is 9.74. The average Bonchev–Trinajstić information content (AvgIpc) is 3.12. The van der Waals surface area contributed by atoms with E-state index in [1.165, 1.54) is 0 Å². The molecule has 0 saturated carbocycles. The molecule has 108 valence electrons. The Balaban J connectivity index is 1.59. The molecule has 1 aromatic rings. The molecular formula is C13H18N4O2S. The van der Waals surface area contributed by atoms with E-state index in [4.69, 9.17) is 0 Å². The summed E-state index contributed by atoms with van der Waals surface area (Å²) < 4.78 is 0. The molecule has 20 heavy (non-hydrogen) atoms. The number of H-pyrrole nitrogens is 1. The lowest BCUT2D eigenvalue weighted by Gasteiger charge is -2.33. The van der Waals surface area contributed by atoms with E-state index in [0.29, 0.717) is 17.5 Å². The maximum Gasteiger partial charge on any atom is 0.242 e. The number of likely N-dealkylation sites (tertiary alicyclic amines) is 1. The Morgan fingerprint density at radius 1 is 1.55 bits per heavy atom. The predicted octanol–water partition coefficient (Wildman–Crippen LogP) is 0.649. The second kappa shape index (κ2) is 5.87. The molecule has 0 aliphatic carbocycles. The lowest BCUT2D eigenvalue weighted by molar-refractivity contribution is -0.138. The van der Waals surface area contributed by atoms with Crippen LogP contribution in [0, 0.1) is 0 Å². The second-order valence-corrected chi connectivity index (χ2v) is 6.22. The van der Waals surface area contributed by atoms with E-state index in [1.807, 2.05) is 11.0 Å². The Bertz CT molecular complexity index is 491. The third kappa shape index (κ3) is 2.82. The van der Waals surface area contributed by atoms with Crippen molar-refractivity contribution in [2.45, 2.75) is 18.8 Å². The van der Waals surface area contributed by atoms with E-state index < -0.39 is 0 Å². The van der Waals surface area contributed by atoms with Gasteiger partial charge in [-0.1, -0.05) is 0 Å². The molecule has 7 heteroatoms. The molecule has 0 spiro atoms. The van der Waals surface area contributed by atoms with Gasteiger partial charge in [0.25, 0.3) is 0 Å². The topological polar surface area (TPSA) is 69.3 Å². The molecule has 1 atom stereocenters. The van der Waals surface area contributed by atoms with Crippen LogP contribution in [0.1, 0.15) is 24.5 Å². The summed E-state index contributed by atoms with van der Waals surface area (Å²) in [6, 6.07) is 1.97. The van der Waals surface area contributed by atoms with Crippen molar-refractivity contribution in [2.24, 2.45) is 0 Å². The van der Waals surface area contributed by atoms with Crippen LogP contribution in [0.3, 0.4) is 0 Å². The molecule has 2 fully saturated rings.